The Bertz CT molecular complexity index is 235. The molecule has 1 atom stereocenters. The molecular formula is C9H13F3O2. The zero-order valence-electron chi connectivity index (χ0n) is 7.64. The molecule has 1 aliphatic rings. The lowest BCUT2D eigenvalue weighted by atomic mass is 9.85. The van der Waals surface area contributed by atoms with Crippen LogP contribution >= 0.6 is 0 Å². The number of hydrogen-bond donors (Lipinski definition) is 2. The maximum Gasteiger partial charge on any atom is 0.423 e. The fraction of sp³-hybridized carbons (Fsp3) is 0.778. The van der Waals surface area contributed by atoms with E-state index in [1.54, 1.807) is 0 Å². The summed E-state index contributed by atoms with van der Waals surface area (Å²) in [5.41, 5.74) is -3.13. The van der Waals surface area contributed by atoms with Gasteiger partial charge in [0, 0.05) is 0 Å². The highest BCUT2D eigenvalue weighted by molar-refractivity contribution is 5.21. The fourth-order valence-corrected chi connectivity index (χ4v) is 1.59. The van der Waals surface area contributed by atoms with E-state index >= 15 is 0 Å². The van der Waals surface area contributed by atoms with E-state index < -0.39 is 18.4 Å². The Morgan fingerprint density at radius 3 is 2.29 bits per heavy atom. The lowest BCUT2D eigenvalue weighted by Crippen LogP contribution is -2.50. The SMILES string of the molecule is OCC(O)(C1=CCCCC1)C(F)(F)F. The number of rotatable bonds is 2. The molecule has 0 aromatic carbocycles. The van der Waals surface area contributed by atoms with E-state index in [2.05, 4.69) is 0 Å². The van der Waals surface area contributed by atoms with Crippen LogP contribution in [0.4, 0.5) is 13.2 Å². The fourth-order valence-electron chi connectivity index (χ4n) is 1.59. The third kappa shape index (κ3) is 1.93. The first-order valence-electron chi connectivity index (χ1n) is 4.51. The summed E-state index contributed by atoms with van der Waals surface area (Å²) in [6, 6.07) is 0. The lowest BCUT2D eigenvalue weighted by molar-refractivity contribution is -0.255. The van der Waals surface area contributed by atoms with Crippen molar-refractivity contribution in [1.82, 2.24) is 0 Å². The van der Waals surface area contributed by atoms with Gasteiger partial charge in [-0.25, -0.2) is 0 Å². The lowest BCUT2D eigenvalue weighted by Gasteiger charge is -2.32. The molecule has 0 saturated carbocycles. The van der Waals surface area contributed by atoms with E-state index in [1.165, 1.54) is 6.08 Å². The summed E-state index contributed by atoms with van der Waals surface area (Å²) in [7, 11) is 0. The minimum Gasteiger partial charge on any atom is -0.393 e. The Hall–Kier alpha value is -0.550. The predicted octanol–water partition coefficient (Wildman–Crippen LogP) is 1.77. The van der Waals surface area contributed by atoms with Gasteiger partial charge in [0.25, 0.3) is 0 Å². The van der Waals surface area contributed by atoms with E-state index in [0.717, 1.165) is 6.42 Å². The van der Waals surface area contributed by atoms with Gasteiger partial charge in [-0.1, -0.05) is 6.08 Å². The molecule has 1 unspecified atom stereocenters. The molecule has 0 saturated heterocycles. The van der Waals surface area contributed by atoms with Crippen LogP contribution in [0.25, 0.3) is 0 Å². The highest BCUT2D eigenvalue weighted by Gasteiger charge is 2.55. The smallest absolute Gasteiger partial charge is 0.393 e. The second-order valence-corrected chi connectivity index (χ2v) is 3.49. The molecule has 0 aliphatic heterocycles. The Morgan fingerprint density at radius 2 is 1.93 bits per heavy atom. The molecule has 1 aliphatic carbocycles. The molecule has 0 spiro atoms. The van der Waals surface area contributed by atoms with Gasteiger partial charge in [0.2, 0.25) is 5.60 Å². The van der Waals surface area contributed by atoms with E-state index in [0.29, 0.717) is 12.8 Å². The second kappa shape index (κ2) is 3.90. The van der Waals surface area contributed by atoms with Crippen molar-refractivity contribution in [3.8, 4) is 0 Å². The van der Waals surface area contributed by atoms with Crippen LogP contribution in [0.5, 0.6) is 0 Å². The molecule has 0 amide bonds. The normalized spacial score (nSPS) is 22.8. The quantitative estimate of drug-likeness (QED) is 0.682. The summed E-state index contributed by atoms with van der Waals surface area (Å²) < 4.78 is 37.3. The first kappa shape index (κ1) is 11.5. The highest BCUT2D eigenvalue weighted by atomic mass is 19.4. The molecule has 1 rings (SSSR count). The minimum absolute atomic E-state index is 0.0984. The van der Waals surface area contributed by atoms with Gasteiger partial charge in [-0.05, 0) is 31.3 Å². The van der Waals surface area contributed by atoms with Gasteiger partial charge in [0.15, 0.2) is 0 Å². The molecule has 0 radical (unpaired) electrons. The Labute approximate surface area is 80.0 Å². The predicted molar refractivity (Wildman–Crippen MR) is 44.6 cm³/mol. The first-order valence-corrected chi connectivity index (χ1v) is 4.51. The van der Waals surface area contributed by atoms with Crippen molar-refractivity contribution < 1.29 is 23.4 Å². The number of aliphatic hydroxyl groups is 2. The standard InChI is InChI=1S/C9H13F3O2/c10-9(11,12)8(14,6-13)7-4-2-1-3-5-7/h4,13-14H,1-3,5-6H2. The van der Waals surface area contributed by atoms with E-state index in [9.17, 15) is 18.3 Å². The van der Waals surface area contributed by atoms with Gasteiger partial charge < -0.3 is 10.2 Å². The van der Waals surface area contributed by atoms with Crippen molar-refractivity contribution >= 4 is 0 Å². The van der Waals surface area contributed by atoms with Gasteiger partial charge in [0.05, 0.1) is 6.61 Å². The molecule has 5 heteroatoms. The minimum atomic E-state index is -4.80. The zero-order valence-corrected chi connectivity index (χ0v) is 7.64. The third-order valence-electron chi connectivity index (χ3n) is 2.52. The van der Waals surface area contributed by atoms with Crippen LogP contribution in [-0.2, 0) is 0 Å². The van der Waals surface area contributed by atoms with Crippen LogP contribution in [0.3, 0.4) is 0 Å². The summed E-state index contributed by atoms with van der Waals surface area (Å²) >= 11 is 0. The third-order valence-corrected chi connectivity index (χ3v) is 2.52. The Balaban J connectivity index is 2.94. The molecular weight excluding hydrogens is 197 g/mol. The maximum absolute atomic E-state index is 12.4. The summed E-state index contributed by atoms with van der Waals surface area (Å²) in [6.45, 7) is -1.30. The molecule has 0 heterocycles. The molecule has 0 bridgehead atoms. The molecule has 0 aromatic rings. The molecule has 14 heavy (non-hydrogen) atoms. The van der Waals surface area contributed by atoms with E-state index in [4.69, 9.17) is 5.11 Å². The van der Waals surface area contributed by atoms with Crippen molar-refractivity contribution in [3.63, 3.8) is 0 Å². The van der Waals surface area contributed by atoms with Crippen LogP contribution < -0.4 is 0 Å². The van der Waals surface area contributed by atoms with E-state index in [1.807, 2.05) is 0 Å². The average Bonchev–Trinajstić information content (AvgIpc) is 2.16. The summed E-state index contributed by atoms with van der Waals surface area (Å²) in [6.07, 6.45) is -1.21. The average molecular weight is 210 g/mol. The van der Waals surface area contributed by atoms with Crippen molar-refractivity contribution in [3.05, 3.63) is 11.6 Å². The van der Waals surface area contributed by atoms with Gasteiger partial charge in [0.1, 0.15) is 0 Å². The topological polar surface area (TPSA) is 40.5 Å². The number of aliphatic hydroxyl groups excluding tert-OH is 1. The van der Waals surface area contributed by atoms with E-state index in [-0.39, 0.29) is 12.0 Å². The van der Waals surface area contributed by atoms with Crippen molar-refractivity contribution in [2.24, 2.45) is 0 Å². The Kier molecular flexibility index (Phi) is 3.21. The number of allylic oxidation sites excluding steroid dienone is 1. The zero-order chi connectivity index (χ0) is 10.8. The molecule has 0 fully saturated rings. The summed E-state index contributed by atoms with van der Waals surface area (Å²) in [4.78, 5) is 0. The maximum atomic E-state index is 12.4. The summed E-state index contributed by atoms with van der Waals surface area (Å²) in [5.74, 6) is 0. The number of hydrogen-bond acceptors (Lipinski definition) is 2. The molecule has 0 aromatic heterocycles. The second-order valence-electron chi connectivity index (χ2n) is 3.49. The van der Waals surface area contributed by atoms with Crippen molar-refractivity contribution in [2.45, 2.75) is 37.5 Å². The van der Waals surface area contributed by atoms with Gasteiger partial charge in [-0.15, -0.1) is 0 Å². The van der Waals surface area contributed by atoms with Crippen LogP contribution in [0.15, 0.2) is 11.6 Å². The van der Waals surface area contributed by atoms with Crippen molar-refractivity contribution in [2.75, 3.05) is 6.61 Å². The number of alkyl halides is 3. The number of halogens is 3. The molecule has 82 valence electrons. The molecule has 2 nitrogen and oxygen atoms in total. The van der Waals surface area contributed by atoms with Gasteiger partial charge in [-0.2, -0.15) is 13.2 Å². The Morgan fingerprint density at radius 1 is 1.29 bits per heavy atom. The monoisotopic (exact) mass is 210 g/mol. The van der Waals surface area contributed by atoms with Gasteiger partial charge in [-0.3, -0.25) is 0 Å². The van der Waals surface area contributed by atoms with Crippen LogP contribution in [0.2, 0.25) is 0 Å². The van der Waals surface area contributed by atoms with Gasteiger partial charge >= 0.3 is 6.18 Å². The highest BCUT2D eigenvalue weighted by Crippen LogP contribution is 2.39. The first-order chi connectivity index (χ1) is 6.42. The largest absolute Gasteiger partial charge is 0.423 e. The molecule has 2 N–H and O–H groups in total. The van der Waals surface area contributed by atoms with Crippen LogP contribution in [0, 0.1) is 0 Å². The van der Waals surface area contributed by atoms with Crippen LogP contribution in [0.1, 0.15) is 25.7 Å². The summed E-state index contributed by atoms with van der Waals surface area (Å²) in [5, 5.41) is 18.0. The van der Waals surface area contributed by atoms with Crippen molar-refractivity contribution in [1.29, 1.82) is 0 Å². The van der Waals surface area contributed by atoms with Crippen LogP contribution in [-0.4, -0.2) is 28.6 Å².